The molecule has 16 heavy (non-hydrogen) atoms. The maximum absolute atomic E-state index is 12.9. The number of carboxylic acid groups (broad SMARTS) is 1. The largest absolute Gasteiger partial charge is 0.480 e. The highest BCUT2D eigenvalue weighted by Gasteiger charge is 2.13. The van der Waals surface area contributed by atoms with Crippen LogP contribution in [0.25, 0.3) is 0 Å². The number of halogens is 1. The highest BCUT2D eigenvalue weighted by atomic mass is 19.1. The van der Waals surface area contributed by atoms with Gasteiger partial charge in [-0.1, -0.05) is 12.1 Å². The summed E-state index contributed by atoms with van der Waals surface area (Å²) in [5, 5.41) is 11.6. The topological polar surface area (TPSA) is 49.3 Å². The van der Waals surface area contributed by atoms with Gasteiger partial charge in [0, 0.05) is 6.04 Å². The molecule has 0 aliphatic rings. The van der Waals surface area contributed by atoms with E-state index in [0.29, 0.717) is 6.42 Å². The molecule has 0 saturated heterocycles. The van der Waals surface area contributed by atoms with E-state index in [2.05, 4.69) is 5.32 Å². The van der Waals surface area contributed by atoms with E-state index in [1.165, 1.54) is 12.1 Å². The zero-order valence-corrected chi connectivity index (χ0v) is 9.40. The number of benzene rings is 1. The average molecular weight is 225 g/mol. The molecule has 1 aromatic rings. The smallest absolute Gasteiger partial charge is 0.320 e. The molecule has 0 spiro atoms. The molecule has 0 heterocycles. The summed E-state index contributed by atoms with van der Waals surface area (Å²) in [7, 11) is 0. The monoisotopic (exact) mass is 225 g/mol. The van der Waals surface area contributed by atoms with E-state index < -0.39 is 12.0 Å². The Bertz CT molecular complexity index is 368. The van der Waals surface area contributed by atoms with Gasteiger partial charge in [-0.2, -0.15) is 0 Å². The lowest BCUT2D eigenvalue weighted by molar-refractivity contribution is -0.139. The van der Waals surface area contributed by atoms with Crippen LogP contribution in [0.4, 0.5) is 4.39 Å². The van der Waals surface area contributed by atoms with Gasteiger partial charge in [0.05, 0.1) is 0 Å². The zero-order chi connectivity index (χ0) is 12.1. The van der Waals surface area contributed by atoms with E-state index in [-0.39, 0.29) is 11.9 Å². The SMILES string of the molecule is CC(Cc1cccc(F)c1)NC(C)C(=O)O. The molecule has 2 N–H and O–H groups in total. The number of carboxylic acids is 1. The summed E-state index contributed by atoms with van der Waals surface area (Å²) in [6.07, 6.45) is 0.607. The maximum atomic E-state index is 12.9. The molecule has 2 unspecified atom stereocenters. The van der Waals surface area contributed by atoms with Crippen molar-refractivity contribution in [3.05, 3.63) is 35.6 Å². The third-order valence-corrected chi connectivity index (χ3v) is 2.34. The number of hydrogen-bond acceptors (Lipinski definition) is 2. The maximum Gasteiger partial charge on any atom is 0.320 e. The molecule has 0 bridgehead atoms. The van der Waals surface area contributed by atoms with Crippen LogP contribution in [0.1, 0.15) is 19.4 Å². The summed E-state index contributed by atoms with van der Waals surface area (Å²) < 4.78 is 12.9. The molecule has 0 saturated carbocycles. The summed E-state index contributed by atoms with van der Waals surface area (Å²) in [5.41, 5.74) is 0.859. The van der Waals surface area contributed by atoms with Crippen molar-refractivity contribution in [3.63, 3.8) is 0 Å². The fourth-order valence-electron chi connectivity index (χ4n) is 1.57. The predicted molar refractivity (Wildman–Crippen MR) is 59.8 cm³/mol. The molecular weight excluding hydrogens is 209 g/mol. The number of rotatable bonds is 5. The van der Waals surface area contributed by atoms with Crippen molar-refractivity contribution in [2.75, 3.05) is 0 Å². The van der Waals surface area contributed by atoms with Gasteiger partial charge in [0.1, 0.15) is 11.9 Å². The number of hydrogen-bond donors (Lipinski definition) is 2. The Balaban J connectivity index is 2.51. The van der Waals surface area contributed by atoms with E-state index in [0.717, 1.165) is 5.56 Å². The third-order valence-electron chi connectivity index (χ3n) is 2.34. The van der Waals surface area contributed by atoms with Crippen molar-refractivity contribution in [1.29, 1.82) is 0 Å². The molecule has 0 amide bonds. The Morgan fingerprint density at radius 1 is 1.50 bits per heavy atom. The van der Waals surface area contributed by atoms with E-state index in [9.17, 15) is 9.18 Å². The molecule has 0 aromatic heterocycles. The zero-order valence-electron chi connectivity index (χ0n) is 9.40. The lowest BCUT2D eigenvalue weighted by Crippen LogP contribution is -2.40. The average Bonchev–Trinajstić information content (AvgIpc) is 2.16. The van der Waals surface area contributed by atoms with Gasteiger partial charge in [0.25, 0.3) is 0 Å². The molecule has 2 atom stereocenters. The van der Waals surface area contributed by atoms with Crippen LogP contribution in [0.3, 0.4) is 0 Å². The van der Waals surface area contributed by atoms with Gasteiger partial charge in [-0.3, -0.25) is 4.79 Å². The fourth-order valence-corrected chi connectivity index (χ4v) is 1.57. The predicted octanol–water partition coefficient (Wildman–Crippen LogP) is 1.82. The molecule has 3 nitrogen and oxygen atoms in total. The molecule has 88 valence electrons. The van der Waals surface area contributed by atoms with Crippen LogP contribution in [-0.2, 0) is 11.2 Å². The first kappa shape index (κ1) is 12.6. The van der Waals surface area contributed by atoms with Gasteiger partial charge >= 0.3 is 5.97 Å². The first-order chi connectivity index (χ1) is 7.49. The van der Waals surface area contributed by atoms with E-state index >= 15 is 0 Å². The van der Waals surface area contributed by atoms with Crippen molar-refractivity contribution in [1.82, 2.24) is 5.32 Å². The van der Waals surface area contributed by atoms with Crippen molar-refractivity contribution in [2.45, 2.75) is 32.4 Å². The van der Waals surface area contributed by atoms with Crippen LogP contribution in [0.5, 0.6) is 0 Å². The van der Waals surface area contributed by atoms with Gasteiger partial charge in [0.2, 0.25) is 0 Å². The highest BCUT2D eigenvalue weighted by Crippen LogP contribution is 2.06. The fraction of sp³-hybridized carbons (Fsp3) is 0.417. The Kier molecular flexibility index (Phi) is 4.43. The van der Waals surface area contributed by atoms with Crippen molar-refractivity contribution in [2.24, 2.45) is 0 Å². The molecule has 4 heteroatoms. The van der Waals surface area contributed by atoms with Crippen LogP contribution < -0.4 is 5.32 Å². The van der Waals surface area contributed by atoms with E-state index in [1.807, 2.05) is 13.0 Å². The summed E-state index contributed by atoms with van der Waals surface area (Å²) in [5.74, 6) is -1.15. The Morgan fingerprint density at radius 2 is 2.19 bits per heavy atom. The van der Waals surface area contributed by atoms with Crippen LogP contribution in [-0.4, -0.2) is 23.2 Å². The van der Waals surface area contributed by atoms with Gasteiger partial charge in [-0.05, 0) is 38.0 Å². The van der Waals surface area contributed by atoms with E-state index in [1.54, 1.807) is 13.0 Å². The van der Waals surface area contributed by atoms with Gasteiger partial charge < -0.3 is 10.4 Å². The Morgan fingerprint density at radius 3 is 2.75 bits per heavy atom. The highest BCUT2D eigenvalue weighted by molar-refractivity contribution is 5.72. The second-order valence-corrected chi connectivity index (χ2v) is 3.96. The molecular formula is C12H16FNO2. The molecule has 1 aromatic carbocycles. The Hall–Kier alpha value is -1.42. The standard InChI is InChI=1S/C12H16FNO2/c1-8(14-9(2)12(15)16)6-10-4-3-5-11(13)7-10/h3-5,7-9,14H,6H2,1-2H3,(H,15,16). The first-order valence-corrected chi connectivity index (χ1v) is 5.22. The lowest BCUT2D eigenvalue weighted by atomic mass is 10.1. The van der Waals surface area contributed by atoms with Crippen molar-refractivity contribution in [3.8, 4) is 0 Å². The minimum atomic E-state index is -0.883. The first-order valence-electron chi connectivity index (χ1n) is 5.22. The lowest BCUT2D eigenvalue weighted by Gasteiger charge is -2.16. The van der Waals surface area contributed by atoms with Crippen LogP contribution in [0.15, 0.2) is 24.3 Å². The van der Waals surface area contributed by atoms with Gasteiger partial charge in [-0.25, -0.2) is 4.39 Å². The quantitative estimate of drug-likeness (QED) is 0.803. The normalized spacial score (nSPS) is 14.4. The molecule has 0 aliphatic heterocycles. The van der Waals surface area contributed by atoms with Crippen LogP contribution in [0, 0.1) is 5.82 Å². The number of nitrogens with one attached hydrogen (secondary N) is 1. The number of carbonyl (C=O) groups is 1. The summed E-state index contributed by atoms with van der Waals surface area (Å²) >= 11 is 0. The second-order valence-electron chi connectivity index (χ2n) is 3.96. The molecule has 1 rings (SSSR count). The van der Waals surface area contributed by atoms with Gasteiger partial charge in [0.15, 0.2) is 0 Å². The van der Waals surface area contributed by atoms with Crippen LogP contribution in [0.2, 0.25) is 0 Å². The summed E-state index contributed by atoms with van der Waals surface area (Å²) in [6, 6.07) is 5.73. The van der Waals surface area contributed by atoms with Crippen molar-refractivity contribution >= 4 is 5.97 Å². The second kappa shape index (κ2) is 5.61. The van der Waals surface area contributed by atoms with Gasteiger partial charge in [-0.15, -0.1) is 0 Å². The molecule has 0 aliphatic carbocycles. The summed E-state index contributed by atoms with van der Waals surface area (Å²) in [6.45, 7) is 3.47. The third kappa shape index (κ3) is 3.98. The molecule has 0 radical (unpaired) electrons. The Labute approximate surface area is 94.3 Å². The minimum absolute atomic E-state index is 0.00657. The molecule has 0 fully saturated rings. The number of aliphatic carboxylic acids is 1. The van der Waals surface area contributed by atoms with E-state index in [4.69, 9.17) is 5.11 Å². The van der Waals surface area contributed by atoms with Crippen molar-refractivity contribution < 1.29 is 14.3 Å². The van der Waals surface area contributed by atoms with Crippen LogP contribution >= 0.6 is 0 Å². The minimum Gasteiger partial charge on any atom is -0.480 e. The summed E-state index contributed by atoms with van der Waals surface area (Å²) in [4.78, 5) is 10.6.